The summed E-state index contributed by atoms with van der Waals surface area (Å²) < 4.78 is 55.8. The largest absolute Gasteiger partial charge is 0.434 e. The maximum absolute atomic E-state index is 12.5. The number of hydrogen-bond acceptors (Lipinski definition) is 7. The number of benzene rings is 1. The fraction of sp³-hybridized carbons (Fsp3) is 0.125. The fourth-order valence-electron chi connectivity index (χ4n) is 2.14. The number of nitrogens with zero attached hydrogens (tertiary/aromatic N) is 1. The van der Waals surface area contributed by atoms with Gasteiger partial charge in [0.15, 0.2) is 5.13 Å². The normalized spacial score (nSPS) is 11.5. The molecule has 3 aromatic rings. The molecule has 1 aromatic carbocycles. The lowest BCUT2D eigenvalue weighted by Crippen LogP contribution is -2.32. The zero-order chi connectivity index (χ0) is 20.1. The first-order chi connectivity index (χ1) is 13.3. The Balaban J connectivity index is 1.64. The molecule has 2 heterocycles. The van der Waals surface area contributed by atoms with Gasteiger partial charge in [-0.05, 0) is 23.6 Å². The molecule has 0 aliphatic rings. The minimum Gasteiger partial charge on any atom is -0.434 e. The van der Waals surface area contributed by atoms with Gasteiger partial charge in [0, 0.05) is 10.9 Å². The van der Waals surface area contributed by atoms with Gasteiger partial charge in [-0.15, -0.1) is 22.7 Å². The van der Waals surface area contributed by atoms with Crippen LogP contribution in [0.1, 0.15) is 0 Å². The van der Waals surface area contributed by atoms with Crippen molar-refractivity contribution in [3.05, 3.63) is 47.2 Å². The maximum atomic E-state index is 12.5. The number of alkyl halides is 2. The van der Waals surface area contributed by atoms with E-state index in [-0.39, 0.29) is 15.1 Å². The molecule has 3 rings (SSSR count). The van der Waals surface area contributed by atoms with Crippen LogP contribution >= 0.6 is 22.7 Å². The van der Waals surface area contributed by atoms with Crippen molar-refractivity contribution < 1.29 is 26.7 Å². The van der Waals surface area contributed by atoms with Crippen molar-refractivity contribution >= 4 is 43.7 Å². The number of carbonyl (C=O) groups excluding carboxylic acids is 1. The van der Waals surface area contributed by atoms with Crippen molar-refractivity contribution in [1.82, 2.24) is 9.71 Å². The summed E-state index contributed by atoms with van der Waals surface area (Å²) in [5.74, 6) is -0.650. The number of hydrogen-bond donors (Lipinski definition) is 2. The minimum atomic E-state index is -3.76. The first-order valence-corrected chi connectivity index (χ1v) is 10.9. The van der Waals surface area contributed by atoms with Crippen molar-refractivity contribution in [1.29, 1.82) is 0 Å². The van der Waals surface area contributed by atoms with E-state index >= 15 is 0 Å². The molecule has 148 valence electrons. The Morgan fingerprint density at radius 1 is 1.18 bits per heavy atom. The third-order valence-corrected chi connectivity index (χ3v) is 6.87. The summed E-state index contributed by atoms with van der Waals surface area (Å²) in [6.07, 6.45) is 0. The van der Waals surface area contributed by atoms with Gasteiger partial charge in [0.05, 0.1) is 12.2 Å². The topological polar surface area (TPSA) is 97.4 Å². The maximum Gasteiger partial charge on any atom is 0.387 e. The Bertz CT molecular complexity index is 1050. The molecule has 0 fully saturated rings. The molecule has 28 heavy (non-hydrogen) atoms. The number of thiophene rings is 1. The van der Waals surface area contributed by atoms with Gasteiger partial charge in [0.2, 0.25) is 5.91 Å². The van der Waals surface area contributed by atoms with Gasteiger partial charge in [-0.3, -0.25) is 4.79 Å². The number of aromatic nitrogens is 1. The van der Waals surface area contributed by atoms with Crippen LogP contribution in [0.4, 0.5) is 13.9 Å². The smallest absolute Gasteiger partial charge is 0.387 e. The van der Waals surface area contributed by atoms with Crippen molar-refractivity contribution in [3.8, 4) is 17.0 Å². The second-order valence-corrected chi connectivity index (χ2v) is 9.02. The molecule has 0 bridgehead atoms. The van der Waals surface area contributed by atoms with E-state index < -0.39 is 29.1 Å². The number of nitrogens with one attached hydrogen (secondary N) is 2. The van der Waals surface area contributed by atoms with E-state index in [1.54, 1.807) is 35.0 Å². The summed E-state index contributed by atoms with van der Waals surface area (Å²) in [5, 5.41) is 5.84. The van der Waals surface area contributed by atoms with Crippen molar-refractivity contribution in [2.24, 2.45) is 0 Å². The van der Waals surface area contributed by atoms with E-state index in [1.807, 2.05) is 0 Å². The van der Waals surface area contributed by atoms with Gasteiger partial charge in [-0.2, -0.15) is 8.78 Å². The van der Waals surface area contributed by atoms with Crippen LogP contribution in [0.5, 0.6) is 5.75 Å². The zero-order valence-electron chi connectivity index (χ0n) is 14.0. The van der Waals surface area contributed by atoms with Gasteiger partial charge < -0.3 is 10.1 Å². The Morgan fingerprint density at radius 3 is 2.68 bits per heavy atom. The van der Waals surface area contributed by atoms with E-state index in [2.05, 4.69) is 19.8 Å². The molecule has 0 aliphatic heterocycles. The number of sulfonamides is 1. The summed E-state index contributed by atoms with van der Waals surface area (Å²) in [4.78, 5) is 16.2. The quantitative estimate of drug-likeness (QED) is 0.554. The van der Waals surface area contributed by atoms with Crippen LogP contribution in [0, 0.1) is 0 Å². The Hall–Kier alpha value is -2.41. The summed E-state index contributed by atoms with van der Waals surface area (Å²) in [7, 11) is -3.76. The molecule has 7 nitrogen and oxygen atoms in total. The summed E-state index contributed by atoms with van der Waals surface area (Å²) in [5.41, 5.74) is 0.689. The predicted molar refractivity (Wildman–Crippen MR) is 102 cm³/mol. The number of rotatable bonds is 8. The summed E-state index contributed by atoms with van der Waals surface area (Å²) in [6, 6.07) is 9.16. The number of ether oxygens (including phenoxy) is 1. The number of carbonyl (C=O) groups is 1. The van der Waals surface area contributed by atoms with Gasteiger partial charge in [-0.25, -0.2) is 18.1 Å². The zero-order valence-corrected chi connectivity index (χ0v) is 16.4. The van der Waals surface area contributed by atoms with Gasteiger partial charge in [0.25, 0.3) is 10.0 Å². The number of amides is 1. The van der Waals surface area contributed by atoms with Gasteiger partial charge in [0.1, 0.15) is 9.96 Å². The number of anilines is 1. The lowest BCUT2D eigenvalue weighted by atomic mass is 10.1. The monoisotopic (exact) mass is 445 g/mol. The Labute approximate surface area is 167 Å². The highest BCUT2D eigenvalue weighted by Crippen LogP contribution is 2.32. The molecule has 0 saturated carbocycles. The Kier molecular flexibility index (Phi) is 6.34. The molecule has 12 heteroatoms. The van der Waals surface area contributed by atoms with E-state index in [0.717, 1.165) is 22.7 Å². The third-order valence-electron chi connectivity index (χ3n) is 3.31. The molecule has 1 amide bonds. The van der Waals surface area contributed by atoms with E-state index in [0.29, 0.717) is 11.3 Å². The van der Waals surface area contributed by atoms with Crippen LogP contribution in [-0.4, -0.2) is 32.5 Å². The highest BCUT2D eigenvalue weighted by Gasteiger charge is 2.18. The molecule has 0 unspecified atom stereocenters. The van der Waals surface area contributed by atoms with Crippen LogP contribution in [0.25, 0.3) is 11.3 Å². The molecule has 2 N–H and O–H groups in total. The lowest BCUT2D eigenvalue weighted by Gasteiger charge is -2.08. The number of thiazole rings is 1. The lowest BCUT2D eigenvalue weighted by molar-refractivity contribution is -0.115. The minimum absolute atomic E-state index is 0.0376. The van der Waals surface area contributed by atoms with Crippen molar-refractivity contribution in [3.63, 3.8) is 0 Å². The SMILES string of the molecule is O=C(CNS(=O)(=O)c1cccs1)Nc1nc(-c2ccccc2OC(F)F)cs1. The standard InChI is InChI=1S/C16H13F2N3O4S3/c17-15(18)25-12-5-2-1-4-10(12)11-9-27-16(20-11)21-13(22)8-19-28(23,24)14-6-3-7-26-14/h1-7,9,15,19H,8H2,(H,20,21,22). The molecule has 2 aromatic heterocycles. The average Bonchev–Trinajstić information content (AvgIpc) is 3.32. The average molecular weight is 445 g/mol. The number of para-hydroxylation sites is 1. The molecule has 0 spiro atoms. The van der Waals surface area contributed by atoms with Gasteiger partial charge in [-0.1, -0.05) is 18.2 Å². The molecule has 0 radical (unpaired) electrons. The summed E-state index contributed by atoms with van der Waals surface area (Å²) in [6.45, 7) is -3.45. The fourth-order valence-corrected chi connectivity index (χ4v) is 4.89. The second-order valence-electron chi connectivity index (χ2n) is 5.22. The highest BCUT2D eigenvalue weighted by molar-refractivity contribution is 7.91. The van der Waals surface area contributed by atoms with Crippen LogP contribution in [0.2, 0.25) is 0 Å². The van der Waals surface area contributed by atoms with Crippen molar-refractivity contribution in [2.75, 3.05) is 11.9 Å². The third kappa shape index (κ3) is 5.10. The molecular formula is C16H13F2N3O4S3. The van der Waals surface area contributed by atoms with Crippen molar-refractivity contribution in [2.45, 2.75) is 10.8 Å². The van der Waals surface area contributed by atoms with Crippen LogP contribution in [0.15, 0.2) is 51.4 Å². The predicted octanol–water partition coefficient (Wildman–Crippen LogP) is 3.39. The molecular weight excluding hydrogens is 432 g/mol. The molecule has 0 saturated heterocycles. The molecule has 0 atom stereocenters. The molecule has 0 aliphatic carbocycles. The van der Waals surface area contributed by atoms with Crippen LogP contribution in [0.3, 0.4) is 0 Å². The first-order valence-electron chi connectivity index (χ1n) is 7.68. The second kappa shape index (κ2) is 8.73. The highest BCUT2D eigenvalue weighted by atomic mass is 32.2. The van der Waals surface area contributed by atoms with Crippen LogP contribution < -0.4 is 14.8 Å². The first kappa shape index (κ1) is 20.3. The van der Waals surface area contributed by atoms with Crippen LogP contribution in [-0.2, 0) is 14.8 Å². The Morgan fingerprint density at radius 2 is 1.96 bits per heavy atom. The number of halogens is 2. The van der Waals surface area contributed by atoms with E-state index in [1.165, 1.54) is 12.1 Å². The van der Waals surface area contributed by atoms with Gasteiger partial charge >= 0.3 is 6.61 Å². The van der Waals surface area contributed by atoms with E-state index in [9.17, 15) is 22.0 Å². The van der Waals surface area contributed by atoms with E-state index in [4.69, 9.17) is 0 Å². The summed E-state index contributed by atoms with van der Waals surface area (Å²) >= 11 is 2.10.